The summed E-state index contributed by atoms with van der Waals surface area (Å²) in [5, 5.41) is 1.55. The second-order valence-corrected chi connectivity index (χ2v) is 6.09. The number of nitrogen functional groups attached to an aromatic ring is 1. The molecule has 0 atom stereocenters. The zero-order valence-electron chi connectivity index (χ0n) is 9.18. The van der Waals surface area contributed by atoms with Gasteiger partial charge in [-0.2, -0.15) is 0 Å². The van der Waals surface area contributed by atoms with Crippen LogP contribution < -0.4 is 10.5 Å². The summed E-state index contributed by atoms with van der Waals surface area (Å²) in [6.45, 7) is 0. The van der Waals surface area contributed by atoms with Crippen molar-refractivity contribution >= 4 is 68.0 Å². The van der Waals surface area contributed by atoms with Crippen molar-refractivity contribution in [2.75, 3.05) is 5.73 Å². The lowest BCUT2D eigenvalue weighted by atomic mass is 10.3. The molecule has 0 aliphatic rings. The van der Waals surface area contributed by atoms with Crippen LogP contribution in [0.3, 0.4) is 0 Å². The standard InChI is InChI=1S/C12H6BrCl4NO/c13-5-1-9(17)11(3-6(5)14)19-12-4-8(16)7(15)2-10(12)18/h1-4H,18H2. The van der Waals surface area contributed by atoms with Gasteiger partial charge in [0.1, 0.15) is 5.75 Å². The lowest BCUT2D eigenvalue weighted by Crippen LogP contribution is -1.93. The number of rotatable bonds is 2. The maximum atomic E-state index is 6.06. The van der Waals surface area contributed by atoms with E-state index >= 15 is 0 Å². The summed E-state index contributed by atoms with van der Waals surface area (Å²) in [4.78, 5) is 0. The van der Waals surface area contributed by atoms with Crippen LogP contribution in [0.2, 0.25) is 20.1 Å². The van der Waals surface area contributed by atoms with Crippen molar-refractivity contribution in [3.63, 3.8) is 0 Å². The fourth-order valence-corrected chi connectivity index (χ4v) is 2.49. The van der Waals surface area contributed by atoms with Crippen LogP contribution in [0.25, 0.3) is 0 Å². The van der Waals surface area contributed by atoms with Crippen LogP contribution in [0, 0.1) is 0 Å². The highest BCUT2D eigenvalue weighted by Gasteiger charge is 2.11. The van der Waals surface area contributed by atoms with Crippen molar-refractivity contribution < 1.29 is 4.74 Å². The quantitative estimate of drug-likeness (QED) is 0.464. The van der Waals surface area contributed by atoms with Gasteiger partial charge < -0.3 is 10.5 Å². The van der Waals surface area contributed by atoms with Crippen LogP contribution in [-0.4, -0.2) is 0 Å². The summed E-state index contributed by atoms with van der Waals surface area (Å²) in [6, 6.07) is 6.24. The zero-order chi connectivity index (χ0) is 14.2. The first kappa shape index (κ1) is 15.1. The third-order valence-electron chi connectivity index (χ3n) is 2.25. The third-order valence-corrected chi connectivity index (χ3v) is 4.46. The van der Waals surface area contributed by atoms with Gasteiger partial charge in [0, 0.05) is 16.6 Å². The van der Waals surface area contributed by atoms with Crippen LogP contribution in [0.4, 0.5) is 5.69 Å². The van der Waals surface area contributed by atoms with E-state index in [9.17, 15) is 0 Å². The van der Waals surface area contributed by atoms with Gasteiger partial charge in [-0.1, -0.05) is 46.4 Å². The van der Waals surface area contributed by atoms with E-state index in [2.05, 4.69) is 15.9 Å². The van der Waals surface area contributed by atoms with Crippen molar-refractivity contribution in [2.24, 2.45) is 0 Å². The summed E-state index contributed by atoms with van der Waals surface area (Å²) in [7, 11) is 0. The van der Waals surface area contributed by atoms with Gasteiger partial charge in [-0.3, -0.25) is 0 Å². The average Bonchev–Trinajstić information content (AvgIpc) is 2.32. The highest BCUT2D eigenvalue weighted by atomic mass is 79.9. The predicted octanol–water partition coefficient (Wildman–Crippen LogP) is 6.44. The predicted molar refractivity (Wildman–Crippen MR) is 85.1 cm³/mol. The molecule has 0 unspecified atom stereocenters. The fourth-order valence-electron chi connectivity index (χ4n) is 1.33. The first-order valence-corrected chi connectivity index (χ1v) is 7.26. The Morgan fingerprint density at radius 3 is 2.05 bits per heavy atom. The number of benzene rings is 2. The van der Waals surface area contributed by atoms with E-state index < -0.39 is 0 Å². The van der Waals surface area contributed by atoms with Crippen LogP contribution in [0.15, 0.2) is 28.7 Å². The van der Waals surface area contributed by atoms with Gasteiger partial charge in [0.25, 0.3) is 0 Å². The topological polar surface area (TPSA) is 35.2 Å². The van der Waals surface area contributed by atoms with E-state index in [0.717, 1.165) is 0 Å². The highest BCUT2D eigenvalue weighted by Crippen LogP contribution is 2.40. The fraction of sp³-hybridized carbons (Fsp3) is 0. The molecule has 0 spiro atoms. The van der Waals surface area contributed by atoms with Gasteiger partial charge >= 0.3 is 0 Å². The van der Waals surface area contributed by atoms with Crippen molar-refractivity contribution in [1.82, 2.24) is 0 Å². The Kier molecular flexibility index (Phi) is 4.75. The summed E-state index contributed by atoms with van der Waals surface area (Å²) >= 11 is 27.1. The Bertz CT molecular complexity index is 593. The van der Waals surface area contributed by atoms with Crippen molar-refractivity contribution in [1.29, 1.82) is 0 Å². The van der Waals surface area contributed by atoms with Gasteiger partial charge in [-0.05, 0) is 28.1 Å². The number of hydrogen-bond donors (Lipinski definition) is 1. The molecule has 2 aromatic rings. The van der Waals surface area contributed by atoms with E-state index in [0.29, 0.717) is 41.7 Å². The number of nitrogens with two attached hydrogens (primary N) is 1. The lowest BCUT2D eigenvalue weighted by molar-refractivity contribution is 0.485. The SMILES string of the molecule is Nc1cc(Cl)c(Cl)cc1Oc1cc(Cl)c(Br)cc1Cl. The van der Waals surface area contributed by atoms with Crippen molar-refractivity contribution in [3.05, 3.63) is 48.8 Å². The lowest BCUT2D eigenvalue weighted by Gasteiger charge is -2.12. The molecule has 0 aliphatic carbocycles. The monoisotopic (exact) mass is 399 g/mol. The van der Waals surface area contributed by atoms with Crippen LogP contribution in [-0.2, 0) is 0 Å². The minimum Gasteiger partial charge on any atom is -0.454 e. The zero-order valence-corrected chi connectivity index (χ0v) is 13.8. The number of ether oxygens (including phenoxy) is 1. The largest absolute Gasteiger partial charge is 0.454 e. The molecule has 0 amide bonds. The molecule has 2 nitrogen and oxygen atoms in total. The van der Waals surface area contributed by atoms with Crippen molar-refractivity contribution in [2.45, 2.75) is 0 Å². The van der Waals surface area contributed by atoms with Crippen molar-refractivity contribution in [3.8, 4) is 11.5 Å². The van der Waals surface area contributed by atoms with Gasteiger partial charge in [0.2, 0.25) is 0 Å². The second kappa shape index (κ2) is 5.98. The average molecular weight is 402 g/mol. The minimum absolute atomic E-state index is 0.338. The molecular weight excluding hydrogens is 396 g/mol. The maximum absolute atomic E-state index is 6.06. The Balaban J connectivity index is 2.42. The number of halogens is 5. The van der Waals surface area contributed by atoms with E-state index in [1.165, 1.54) is 12.1 Å². The van der Waals surface area contributed by atoms with E-state index in [-0.39, 0.29) is 0 Å². The molecule has 7 heteroatoms. The minimum atomic E-state index is 0.338. The second-order valence-electron chi connectivity index (χ2n) is 3.60. The van der Waals surface area contributed by atoms with Gasteiger partial charge in [-0.15, -0.1) is 0 Å². The van der Waals surface area contributed by atoms with E-state index in [1.807, 2.05) is 0 Å². The summed E-state index contributed by atoms with van der Waals surface area (Å²) < 4.78 is 6.28. The summed E-state index contributed by atoms with van der Waals surface area (Å²) in [6.07, 6.45) is 0. The third kappa shape index (κ3) is 3.41. The molecule has 0 heterocycles. The first-order chi connectivity index (χ1) is 8.88. The van der Waals surface area contributed by atoms with Crippen LogP contribution >= 0.6 is 62.3 Å². The molecule has 0 fully saturated rings. The van der Waals surface area contributed by atoms with Crippen LogP contribution in [0.1, 0.15) is 0 Å². The molecule has 0 saturated carbocycles. The normalized spacial score (nSPS) is 10.6. The van der Waals surface area contributed by atoms with Crippen LogP contribution in [0.5, 0.6) is 11.5 Å². The Hall–Kier alpha value is -0.320. The highest BCUT2D eigenvalue weighted by molar-refractivity contribution is 9.10. The summed E-state index contributed by atoms with van der Waals surface area (Å²) in [5.74, 6) is 0.731. The number of hydrogen-bond acceptors (Lipinski definition) is 2. The molecule has 0 saturated heterocycles. The molecule has 2 rings (SSSR count). The molecule has 0 aromatic heterocycles. The molecule has 2 N–H and O–H groups in total. The van der Waals surface area contributed by atoms with Gasteiger partial charge in [0.05, 0.1) is 25.8 Å². The molecular formula is C12H6BrCl4NO. The molecule has 0 bridgehead atoms. The van der Waals surface area contributed by atoms with Gasteiger partial charge in [-0.25, -0.2) is 0 Å². The van der Waals surface area contributed by atoms with Gasteiger partial charge in [0.15, 0.2) is 5.75 Å². The Labute approximate surface area is 138 Å². The molecule has 0 radical (unpaired) electrons. The van der Waals surface area contributed by atoms with E-state index in [1.54, 1.807) is 12.1 Å². The first-order valence-electron chi connectivity index (χ1n) is 4.95. The Morgan fingerprint density at radius 1 is 0.789 bits per heavy atom. The molecule has 0 aliphatic heterocycles. The Morgan fingerprint density at radius 2 is 1.37 bits per heavy atom. The molecule has 100 valence electrons. The maximum Gasteiger partial charge on any atom is 0.151 e. The number of anilines is 1. The smallest absolute Gasteiger partial charge is 0.151 e. The summed E-state index contributed by atoms with van der Waals surface area (Å²) in [5.41, 5.74) is 6.15. The molecule has 2 aromatic carbocycles. The van der Waals surface area contributed by atoms with E-state index in [4.69, 9.17) is 56.9 Å². The molecule has 19 heavy (non-hydrogen) atoms.